The standard InChI is InChI=1S/C21H34N4O2/c1-6-15(5)19-21(27)24-18-11-16(9-10-17(18)23-19)20(26)22-12-14(4)13-25(7-2)8-3/h9-11,14-15,19,23H,6-8,12-13H2,1-5H3,(H,22,26)(H,24,27)/t14-,15+,19-/m1/s1. The van der Waals surface area contributed by atoms with E-state index < -0.39 is 0 Å². The maximum Gasteiger partial charge on any atom is 0.251 e. The predicted molar refractivity (Wildman–Crippen MR) is 111 cm³/mol. The number of hydrogen-bond donors (Lipinski definition) is 3. The quantitative estimate of drug-likeness (QED) is 0.621. The van der Waals surface area contributed by atoms with Gasteiger partial charge in [-0.1, -0.05) is 41.0 Å². The van der Waals surface area contributed by atoms with Crippen LogP contribution >= 0.6 is 0 Å². The molecule has 1 heterocycles. The molecule has 1 aliphatic rings. The van der Waals surface area contributed by atoms with Crippen LogP contribution < -0.4 is 16.0 Å². The van der Waals surface area contributed by atoms with Gasteiger partial charge in [-0.25, -0.2) is 0 Å². The fourth-order valence-electron chi connectivity index (χ4n) is 3.35. The van der Waals surface area contributed by atoms with E-state index in [9.17, 15) is 9.59 Å². The van der Waals surface area contributed by atoms with Crippen LogP contribution in [0.3, 0.4) is 0 Å². The van der Waals surface area contributed by atoms with Crippen molar-refractivity contribution in [3.8, 4) is 0 Å². The van der Waals surface area contributed by atoms with E-state index in [1.165, 1.54) is 0 Å². The van der Waals surface area contributed by atoms with Gasteiger partial charge in [-0.3, -0.25) is 9.59 Å². The zero-order valence-corrected chi connectivity index (χ0v) is 17.3. The molecule has 3 N–H and O–H groups in total. The number of carbonyl (C=O) groups excluding carboxylic acids is 2. The normalized spacial score (nSPS) is 18.3. The highest BCUT2D eigenvalue weighted by Gasteiger charge is 2.29. The summed E-state index contributed by atoms with van der Waals surface area (Å²) < 4.78 is 0. The number of anilines is 2. The van der Waals surface area contributed by atoms with Gasteiger partial charge < -0.3 is 20.9 Å². The van der Waals surface area contributed by atoms with Crippen molar-refractivity contribution in [3.63, 3.8) is 0 Å². The van der Waals surface area contributed by atoms with Crippen LogP contribution in [0, 0.1) is 11.8 Å². The van der Waals surface area contributed by atoms with Crippen LogP contribution in [0.25, 0.3) is 0 Å². The third kappa shape index (κ3) is 5.45. The van der Waals surface area contributed by atoms with Gasteiger partial charge in [-0.2, -0.15) is 0 Å². The molecule has 0 aliphatic carbocycles. The Balaban J connectivity index is 1.97. The summed E-state index contributed by atoms with van der Waals surface area (Å²) in [6.45, 7) is 14.2. The van der Waals surface area contributed by atoms with Gasteiger partial charge in [0, 0.05) is 18.7 Å². The number of nitrogens with zero attached hydrogens (tertiary/aromatic N) is 1. The first kappa shape index (κ1) is 21.2. The molecule has 0 unspecified atom stereocenters. The molecule has 6 heteroatoms. The molecule has 0 aromatic heterocycles. The molecule has 2 amide bonds. The van der Waals surface area contributed by atoms with E-state index in [2.05, 4.69) is 55.5 Å². The van der Waals surface area contributed by atoms with Crippen molar-refractivity contribution in [2.24, 2.45) is 11.8 Å². The van der Waals surface area contributed by atoms with E-state index in [0.717, 1.165) is 31.7 Å². The second-order valence-corrected chi connectivity index (χ2v) is 7.56. The molecule has 0 spiro atoms. The van der Waals surface area contributed by atoms with Crippen molar-refractivity contribution in [2.45, 2.75) is 47.1 Å². The zero-order valence-electron chi connectivity index (χ0n) is 17.3. The minimum Gasteiger partial charge on any atom is -0.372 e. The number of hydrogen-bond acceptors (Lipinski definition) is 4. The molecule has 3 atom stereocenters. The van der Waals surface area contributed by atoms with Gasteiger partial charge in [-0.15, -0.1) is 0 Å². The molecule has 0 bridgehead atoms. The first-order chi connectivity index (χ1) is 12.9. The van der Waals surface area contributed by atoms with Crippen LogP contribution in [0.5, 0.6) is 0 Å². The summed E-state index contributed by atoms with van der Waals surface area (Å²) in [5.74, 6) is 0.474. The maximum atomic E-state index is 12.5. The average Bonchev–Trinajstić information content (AvgIpc) is 2.68. The Labute approximate surface area is 163 Å². The second kappa shape index (κ2) is 9.74. The number of nitrogens with one attached hydrogen (secondary N) is 3. The third-order valence-electron chi connectivity index (χ3n) is 5.42. The molecule has 0 fully saturated rings. The maximum absolute atomic E-state index is 12.5. The summed E-state index contributed by atoms with van der Waals surface area (Å²) in [4.78, 5) is 27.2. The highest BCUT2D eigenvalue weighted by molar-refractivity contribution is 6.05. The zero-order chi connectivity index (χ0) is 20.0. The molecule has 27 heavy (non-hydrogen) atoms. The summed E-state index contributed by atoms with van der Waals surface area (Å²) >= 11 is 0. The van der Waals surface area contributed by atoms with Crippen molar-refractivity contribution in [1.29, 1.82) is 0 Å². The van der Waals surface area contributed by atoms with E-state index >= 15 is 0 Å². The molecule has 2 rings (SSSR count). The molecule has 6 nitrogen and oxygen atoms in total. The Kier molecular flexibility index (Phi) is 7.66. The molecule has 1 aliphatic heterocycles. The molecule has 1 aromatic rings. The molecular weight excluding hydrogens is 340 g/mol. The van der Waals surface area contributed by atoms with E-state index in [1.807, 2.05) is 6.07 Å². The van der Waals surface area contributed by atoms with Crippen molar-refractivity contribution < 1.29 is 9.59 Å². The number of benzene rings is 1. The smallest absolute Gasteiger partial charge is 0.251 e. The van der Waals surface area contributed by atoms with Gasteiger partial charge >= 0.3 is 0 Å². The number of amides is 2. The summed E-state index contributed by atoms with van der Waals surface area (Å²) in [5, 5.41) is 9.25. The van der Waals surface area contributed by atoms with Crippen molar-refractivity contribution in [1.82, 2.24) is 10.2 Å². The van der Waals surface area contributed by atoms with E-state index in [-0.39, 0.29) is 23.8 Å². The Morgan fingerprint density at radius 1 is 1.19 bits per heavy atom. The van der Waals surface area contributed by atoms with Crippen molar-refractivity contribution in [2.75, 3.05) is 36.8 Å². The molecule has 150 valence electrons. The average molecular weight is 375 g/mol. The van der Waals surface area contributed by atoms with E-state index in [1.54, 1.807) is 12.1 Å². The lowest BCUT2D eigenvalue weighted by Gasteiger charge is -2.30. The summed E-state index contributed by atoms with van der Waals surface area (Å²) in [6.07, 6.45) is 0.923. The molecular formula is C21H34N4O2. The first-order valence-electron chi connectivity index (χ1n) is 10.1. The first-order valence-corrected chi connectivity index (χ1v) is 10.1. The summed E-state index contributed by atoms with van der Waals surface area (Å²) in [5.41, 5.74) is 2.10. The Hall–Kier alpha value is -2.08. The lowest BCUT2D eigenvalue weighted by atomic mass is 9.95. The van der Waals surface area contributed by atoms with Crippen LogP contribution in [0.4, 0.5) is 11.4 Å². The highest BCUT2D eigenvalue weighted by atomic mass is 16.2. The molecule has 0 radical (unpaired) electrons. The third-order valence-corrected chi connectivity index (χ3v) is 5.42. The van der Waals surface area contributed by atoms with Gasteiger partial charge in [0.25, 0.3) is 5.91 Å². The topological polar surface area (TPSA) is 73.5 Å². The second-order valence-electron chi connectivity index (χ2n) is 7.56. The number of fused-ring (bicyclic) bond motifs is 1. The number of carbonyl (C=O) groups is 2. The van der Waals surface area contributed by atoms with Crippen LogP contribution in [0.2, 0.25) is 0 Å². The van der Waals surface area contributed by atoms with E-state index in [0.29, 0.717) is 23.7 Å². The van der Waals surface area contributed by atoms with Crippen molar-refractivity contribution in [3.05, 3.63) is 23.8 Å². The van der Waals surface area contributed by atoms with Gasteiger partial charge in [0.05, 0.1) is 11.4 Å². The van der Waals surface area contributed by atoms with Crippen LogP contribution in [0.15, 0.2) is 18.2 Å². The van der Waals surface area contributed by atoms with Crippen molar-refractivity contribution >= 4 is 23.2 Å². The lowest BCUT2D eigenvalue weighted by molar-refractivity contribution is -0.118. The SMILES string of the molecule is CC[C@H](C)[C@H]1Nc2ccc(C(=O)NC[C@@H](C)CN(CC)CC)cc2NC1=O. The fraction of sp³-hybridized carbons (Fsp3) is 0.619. The van der Waals surface area contributed by atoms with Crippen LogP contribution in [-0.4, -0.2) is 48.9 Å². The summed E-state index contributed by atoms with van der Waals surface area (Å²) in [7, 11) is 0. The lowest BCUT2D eigenvalue weighted by Crippen LogP contribution is -2.43. The van der Waals surface area contributed by atoms with Gasteiger partial charge in [0.1, 0.15) is 6.04 Å². The van der Waals surface area contributed by atoms with Gasteiger partial charge in [0.15, 0.2) is 0 Å². The monoisotopic (exact) mass is 374 g/mol. The number of rotatable bonds is 9. The Bertz CT molecular complexity index is 658. The largest absolute Gasteiger partial charge is 0.372 e. The fourth-order valence-corrected chi connectivity index (χ4v) is 3.35. The minimum absolute atomic E-state index is 0.0396. The van der Waals surface area contributed by atoms with Crippen LogP contribution in [0.1, 0.15) is 51.4 Å². The predicted octanol–water partition coefficient (Wildman–Crippen LogP) is 3.17. The molecule has 0 saturated heterocycles. The van der Waals surface area contributed by atoms with E-state index in [4.69, 9.17) is 0 Å². The highest BCUT2D eigenvalue weighted by Crippen LogP contribution is 2.30. The molecule has 1 aromatic carbocycles. The van der Waals surface area contributed by atoms with Gasteiger partial charge in [-0.05, 0) is 43.1 Å². The van der Waals surface area contributed by atoms with Gasteiger partial charge in [0.2, 0.25) is 5.91 Å². The van der Waals surface area contributed by atoms with Crippen LogP contribution in [-0.2, 0) is 4.79 Å². The Morgan fingerprint density at radius 2 is 1.89 bits per heavy atom. The minimum atomic E-state index is -0.233. The molecule has 0 saturated carbocycles. The Morgan fingerprint density at radius 3 is 2.52 bits per heavy atom. The summed E-state index contributed by atoms with van der Waals surface area (Å²) in [6, 6.07) is 5.19.